The number of benzene rings is 1. The van der Waals surface area contributed by atoms with Gasteiger partial charge in [-0.25, -0.2) is 14.2 Å². The van der Waals surface area contributed by atoms with Crippen molar-refractivity contribution in [1.29, 1.82) is 0 Å². The topological polar surface area (TPSA) is 105 Å². The van der Waals surface area contributed by atoms with Crippen LogP contribution in [-0.2, 0) is 9.47 Å². The number of carbonyl (C=O) groups is 2. The molecule has 40 heavy (non-hydrogen) atoms. The third kappa shape index (κ3) is 4.58. The number of aromatic nitrogens is 1. The summed E-state index contributed by atoms with van der Waals surface area (Å²) < 4.78 is 32.3. The highest BCUT2D eigenvalue weighted by Crippen LogP contribution is 2.48. The molecule has 0 radical (unpaired) electrons. The molecule has 4 aliphatic rings. The van der Waals surface area contributed by atoms with E-state index in [4.69, 9.17) is 30.8 Å². The fourth-order valence-electron chi connectivity index (χ4n) is 5.82. The predicted octanol–water partition coefficient (Wildman–Crippen LogP) is 3.93. The highest BCUT2D eigenvalue weighted by molar-refractivity contribution is 6.35. The minimum absolute atomic E-state index is 0.000112. The molecule has 12 heteroatoms. The lowest BCUT2D eigenvalue weighted by Gasteiger charge is -2.40. The first kappa shape index (κ1) is 26.9. The molecule has 1 aromatic heterocycles. The number of fused-ring (bicyclic) bond motifs is 2. The summed E-state index contributed by atoms with van der Waals surface area (Å²) in [6.45, 7) is 8.74. The molecule has 214 valence electrons. The molecule has 0 aliphatic carbocycles. The van der Waals surface area contributed by atoms with Crippen LogP contribution in [0.15, 0.2) is 18.2 Å². The molecule has 3 fully saturated rings. The smallest absolute Gasteiger partial charge is 0.410 e. The summed E-state index contributed by atoms with van der Waals surface area (Å²) in [4.78, 5) is 36.9. The number of phenolic OH excluding ortho intramolecular Hbond substituents is 1. The molecule has 6 rings (SSSR count). The fraction of sp³-hybridized carbons (Fsp3) is 0.536. The van der Waals surface area contributed by atoms with E-state index in [2.05, 4.69) is 0 Å². The number of ether oxygens (including phenoxy) is 3. The van der Waals surface area contributed by atoms with Crippen LogP contribution in [0, 0.1) is 11.2 Å². The molecule has 2 aromatic rings. The van der Waals surface area contributed by atoms with E-state index in [0.717, 1.165) is 6.42 Å². The zero-order valence-corrected chi connectivity index (χ0v) is 23.5. The molecule has 1 N–H and O–H groups in total. The molecule has 1 atom stereocenters. The Labute approximate surface area is 236 Å². The van der Waals surface area contributed by atoms with Crippen molar-refractivity contribution in [2.75, 3.05) is 57.4 Å². The molecule has 3 saturated heterocycles. The lowest BCUT2D eigenvalue weighted by Crippen LogP contribution is -2.58. The summed E-state index contributed by atoms with van der Waals surface area (Å²) in [6.07, 6.45) is 0.405. The minimum atomic E-state index is -0.698. The normalized spacial score (nSPS) is 21.9. The third-order valence-electron chi connectivity index (χ3n) is 7.89. The summed E-state index contributed by atoms with van der Waals surface area (Å²) in [5.41, 5.74) is -0.631. The molecule has 1 spiro atoms. The van der Waals surface area contributed by atoms with Gasteiger partial charge >= 0.3 is 6.09 Å². The summed E-state index contributed by atoms with van der Waals surface area (Å²) in [5, 5.41) is 10.5. The summed E-state index contributed by atoms with van der Waals surface area (Å²) in [5.74, 6) is -0.910. The van der Waals surface area contributed by atoms with E-state index in [1.165, 1.54) is 18.2 Å². The molecular weight excluding hydrogens is 543 g/mol. The van der Waals surface area contributed by atoms with Gasteiger partial charge in [0.15, 0.2) is 5.75 Å². The maximum atomic E-state index is 15.0. The Kier molecular flexibility index (Phi) is 6.49. The van der Waals surface area contributed by atoms with Crippen molar-refractivity contribution in [2.45, 2.75) is 38.8 Å². The van der Waals surface area contributed by atoms with Crippen molar-refractivity contribution < 1.29 is 33.3 Å². The lowest BCUT2D eigenvalue weighted by molar-refractivity contribution is -0.0985. The van der Waals surface area contributed by atoms with Gasteiger partial charge in [0.05, 0.1) is 24.8 Å². The van der Waals surface area contributed by atoms with E-state index in [1.807, 2.05) is 4.90 Å². The molecule has 10 nitrogen and oxygen atoms in total. The number of phenols is 1. The number of pyridine rings is 1. The van der Waals surface area contributed by atoms with E-state index in [9.17, 15) is 14.7 Å². The van der Waals surface area contributed by atoms with Crippen molar-refractivity contribution in [3.05, 3.63) is 34.6 Å². The largest absolute Gasteiger partial charge is 0.507 e. The van der Waals surface area contributed by atoms with Crippen LogP contribution in [0.5, 0.6) is 11.5 Å². The first-order valence-corrected chi connectivity index (χ1v) is 13.8. The van der Waals surface area contributed by atoms with Crippen LogP contribution in [-0.4, -0.2) is 96.1 Å². The van der Waals surface area contributed by atoms with Crippen LogP contribution in [0.25, 0.3) is 11.3 Å². The van der Waals surface area contributed by atoms with Gasteiger partial charge in [0.1, 0.15) is 45.9 Å². The molecular formula is C28H32ClFN4O6. The van der Waals surface area contributed by atoms with E-state index >= 15 is 4.39 Å². The third-order valence-corrected chi connectivity index (χ3v) is 8.24. The Morgan fingerprint density at radius 3 is 2.65 bits per heavy atom. The zero-order valence-electron chi connectivity index (χ0n) is 22.7. The van der Waals surface area contributed by atoms with Crippen LogP contribution in [0.1, 0.15) is 37.6 Å². The number of amides is 2. The van der Waals surface area contributed by atoms with Gasteiger partial charge in [-0.05, 0) is 39.3 Å². The van der Waals surface area contributed by atoms with Gasteiger partial charge in [-0.2, -0.15) is 0 Å². The van der Waals surface area contributed by atoms with Crippen LogP contribution < -0.4 is 9.64 Å². The molecule has 0 saturated carbocycles. The van der Waals surface area contributed by atoms with Crippen molar-refractivity contribution in [2.24, 2.45) is 5.41 Å². The first-order chi connectivity index (χ1) is 19.0. The Morgan fingerprint density at radius 2 is 2.00 bits per heavy atom. The van der Waals surface area contributed by atoms with E-state index < -0.39 is 23.6 Å². The second-order valence-electron chi connectivity index (χ2n) is 12.0. The van der Waals surface area contributed by atoms with Crippen LogP contribution in [0.4, 0.5) is 15.0 Å². The number of hydrogen-bond donors (Lipinski definition) is 1. The molecule has 4 aliphatic heterocycles. The zero-order chi connectivity index (χ0) is 28.4. The monoisotopic (exact) mass is 574 g/mol. The van der Waals surface area contributed by atoms with Crippen molar-refractivity contribution >= 4 is 29.4 Å². The average Bonchev–Trinajstić information content (AvgIpc) is 3.28. The maximum Gasteiger partial charge on any atom is 0.410 e. The number of aromatic hydroxyl groups is 1. The van der Waals surface area contributed by atoms with Gasteiger partial charge in [-0.3, -0.25) is 4.79 Å². The highest BCUT2D eigenvalue weighted by atomic mass is 35.5. The number of rotatable bonds is 2. The van der Waals surface area contributed by atoms with Crippen molar-refractivity contribution in [3.63, 3.8) is 0 Å². The van der Waals surface area contributed by atoms with Gasteiger partial charge in [0.25, 0.3) is 5.91 Å². The molecule has 1 aromatic carbocycles. The van der Waals surface area contributed by atoms with Gasteiger partial charge in [0.2, 0.25) is 0 Å². The number of nitrogens with zero attached hydrogens (tertiary/aromatic N) is 4. The fourth-order valence-corrected chi connectivity index (χ4v) is 6.11. The first-order valence-electron chi connectivity index (χ1n) is 13.4. The molecule has 0 bridgehead atoms. The molecule has 5 heterocycles. The number of anilines is 1. The Morgan fingerprint density at radius 1 is 1.23 bits per heavy atom. The molecule has 2 amide bonds. The van der Waals surface area contributed by atoms with E-state index in [-0.39, 0.29) is 64.4 Å². The number of piperazine rings is 1. The second-order valence-corrected chi connectivity index (χ2v) is 12.4. The Hall–Kier alpha value is -3.31. The number of carbonyl (C=O) groups excluding carboxylic acids is 2. The van der Waals surface area contributed by atoms with Gasteiger partial charge in [-0.1, -0.05) is 17.7 Å². The van der Waals surface area contributed by atoms with E-state index in [0.29, 0.717) is 38.7 Å². The van der Waals surface area contributed by atoms with E-state index in [1.54, 1.807) is 30.6 Å². The number of halogens is 2. The number of hydrogen-bond acceptors (Lipinski definition) is 8. The van der Waals surface area contributed by atoms with Crippen LogP contribution in [0.3, 0.4) is 0 Å². The van der Waals surface area contributed by atoms with Crippen LogP contribution >= 0.6 is 11.6 Å². The summed E-state index contributed by atoms with van der Waals surface area (Å²) in [7, 11) is 0. The SMILES string of the molecule is CC(C)(C)OC(=O)N1CCN2C(=O)c3c(N4CCC5(COC5)C4)nc(-c4c(O)cccc4F)c(Cl)c3OC[C@H]2C1. The second kappa shape index (κ2) is 9.66. The predicted molar refractivity (Wildman–Crippen MR) is 145 cm³/mol. The quantitative estimate of drug-likeness (QED) is 0.575. The summed E-state index contributed by atoms with van der Waals surface area (Å²) >= 11 is 6.81. The maximum absolute atomic E-state index is 15.0. The van der Waals surface area contributed by atoms with Crippen LogP contribution in [0.2, 0.25) is 5.02 Å². The summed E-state index contributed by atoms with van der Waals surface area (Å²) in [6, 6.07) is 3.50. The Bertz CT molecular complexity index is 1360. The van der Waals surface area contributed by atoms with Gasteiger partial charge < -0.3 is 34.0 Å². The van der Waals surface area contributed by atoms with Crippen molar-refractivity contribution in [3.8, 4) is 22.8 Å². The van der Waals surface area contributed by atoms with Gasteiger partial charge in [0, 0.05) is 38.1 Å². The Balaban J connectivity index is 1.41. The average molecular weight is 575 g/mol. The van der Waals surface area contributed by atoms with Crippen molar-refractivity contribution in [1.82, 2.24) is 14.8 Å². The highest BCUT2D eigenvalue weighted by Gasteiger charge is 2.47. The molecule has 0 unspecified atom stereocenters. The standard InChI is InChI=1S/C28H32ClFN4O6/c1-27(2,3)40-26(37)32-9-10-34-16(11-32)12-39-23-20(25(34)36)24(33-8-7-28(13-33)14-38-15-28)31-22(21(23)29)19-17(30)5-4-6-18(19)35/h4-6,16,35H,7-15H2,1-3H3/t16-/m1/s1. The van der Waals surface area contributed by atoms with Gasteiger partial charge in [-0.15, -0.1) is 0 Å². The minimum Gasteiger partial charge on any atom is -0.507 e. The lowest BCUT2D eigenvalue weighted by atomic mass is 9.85.